The Kier molecular flexibility index (Phi) is 5.89. The molecule has 6 heteroatoms. The Morgan fingerprint density at radius 2 is 1.84 bits per heavy atom. The summed E-state index contributed by atoms with van der Waals surface area (Å²) in [5.41, 5.74) is 5.47. The van der Waals surface area contributed by atoms with Crippen molar-refractivity contribution >= 4 is 17.5 Å². The molecule has 0 radical (unpaired) electrons. The zero-order valence-corrected chi connectivity index (χ0v) is 18.2. The molecule has 1 saturated carbocycles. The number of hydrogen-bond acceptors (Lipinski definition) is 3. The highest BCUT2D eigenvalue weighted by Gasteiger charge is 2.39. The molecule has 0 bridgehead atoms. The molecule has 1 aliphatic carbocycles. The maximum Gasteiger partial charge on any atom is 0.251 e. The van der Waals surface area contributed by atoms with Crippen LogP contribution in [0.3, 0.4) is 0 Å². The van der Waals surface area contributed by atoms with Crippen LogP contribution < -0.4 is 10.6 Å². The van der Waals surface area contributed by atoms with E-state index in [9.17, 15) is 9.59 Å². The molecule has 1 aliphatic rings. The van der Waals surface area contributed by atoms with Gasteiger partial charge in [0.05, 0.1) is 11.4 Å². The molecule has 1 heterocycles. The molecule has 2 amide bonds. The number of aryl methyl sites for hydroxylation is 2. The van der Waals surface area contributed by atoms with Gasteiger partial charge in [-0.1, -0.05) is 25.1 Å². The van der Waals surface area contributed by atoms with E-state index in [1.54, 1.807) is 18.2 Å². The van der Waals surface area contributed by atoms with E-state index in [2.05, 4.69) is 40.9 Å². The van der Waals surface area contributed by atoms with E-state index in [0.29, 0.717) is 23.7 Å². The predicted molar refractivity (Wildman–Crippen MR) is 121 cm³/mol. The molecule has 4 rings (SSSR count). The van der Waals surface area contributed by atoms with E-state index in [1.807, 2.05) is 36.7 Å². The van der Waals surface area contributed by atoms with Crippen molar-refractivity contribution in [1.82, 2.24) is 15.1 Å². The summed E-state index contributed by atoms with van der Waals surface area (Å²) in [6, 6.07) is 17.4. The number of rotatable bonds is 7. The molecule has 2 atom stereocenters. The third-order valence-corrected chi connectivity index (χ3v) is 5.73. The lowest BCUT2D eigenvalue weighted by Gasteiger charge is -2.09. The Morgan fingerprint density at radius 1 is 1.10 bits per heavy atom. The van der Waals surface area contributed by atoms with Crippen LogP contribution in [0, 0.1) is 25.7 Å². The van der Waals surface area contributed by atoms with Crippen LogP contribution in [0.25, 0.3) is 5.69 Å². The zero-order chi connectivity index (χ0) is 22.0. The molecule has 1 aromatic heterocycles. The lowest BCUT2D eigenvalue weighted by Crippen LogP contribution is -2.26. The summed E-state index contributed by atoms with van der Waals surface area (Å²) in [6.07, 6.45) is 1.67. The van der Waals surface area contributed by atoms with Gasteiger partial charge >= 0.3 is 0 Å². The smallest absolute Gasteiger partial charge is 0.251 e. The molecular formula is C25H28N4O2. The molecule has 6 nitrogen and oxygen atoms in total. The largest absolute Gasteiger partial charge is 0.352 e. The van der Waals surface area contributed by atoms with Crippen LogP contribution in [-0.2, 0) is 11.2 Å². The lowest BCUT2D eigenvalue weighted by molar-refractivity contribution is -0.117. The number of amides is 2. The summed E-state index contributed by atoms with van der Waals surface area (Å²) in [5.74, 6) is 0.447. The minimum absolute atomic E-state index is 0.0361. The Balaban J connectivity index is 1.29. The van der Waals surface area contributed by atoms with Gasteiger partial charge in [-0.25, -0.2) is 4.68 Å². The van der Waals surface area contributed by atoms with Gasteiger partial charge in [-0.2, -0.15) is 5.10 Å². The van der Waals surface area contributed by atoms with Crippen LogP contribution in [0.15, 0.2) is 54.6 Å². The number of carbonyl (C=O) groups excluding carboxylic acids is 2. The molecule has 0 saturated heterocycles. The number of hydrogen-bond donors (Lipinski definition) is 2. The van der Waals surface area contributed by atoms with Gasteiger partial charge in [-0.3, -0.25) is 9.59 Å². The van der Waals surface area contributed by atoms with Crippen molar-refractivity contribution in [3.8, 4) is 5.69 Å². The molecule has 31 heavy (non-hydrogen) atoms. The average molecular weight is 417 g/mol. The van der Waals surface area contributed by atoms with Crippen molar-refractivity contribution in [2.24, 2.45) is 11.8 Å². The van der Waals surface area contributed by atoms with E-state index < -0.39 is 0 Å². The monoisotopic (exact) mass is 416 g/mol. The Labute approximate surface area is 182 Å². The number of carbonyl (C=O) groups is 2. The van der Waals surface area contributed by atoms with Crippen molar-refractivity contribution in [2.45, 2.75) is 33.6 Å². The molecule has 2 N–H and O–H groups in total. The molecular weight excluding hydrogens is 388 g/mol. The van der Waals surface area contributed by atoms with Crippen LogP contribution in [-0.4, -0.2) is 28.1 Å². The van der Waals surface area contributed by atoms with Crippen LogP contribution in [0.4, 0.5) is 5.69 Å². The van der Waals surface area contributed by atoms with Gasteiger partial charge in [-0.15, -0.1) is 0 Å². The van der Waals surface area contributed by atoms with Gasteiger partial charge in [0, 0.05) is 29.4 Å². The van der Waals surface area contributed by atoms with E-state index >= 15 is 0 Å². The molecule has 0 aliphatic heterocycles. The first-order valence-corrected chi connectivity index (χ1v) is 10.7. The summed E-state index contributed by atoms with van der Waals surface area (Å²) in [6.45, 7) is 6.63. The SMILES string of the molecule is Cc1cc(C)n(-c2ccc(CCNC(=O)c3cccc(NC(=O)C4CC4C)c3)cc2)n1. The second-order valence-electron chi connectivity index (χ2n) is 8.40. The molecule has 1 fully saturated rings. The highest BCUT2D eigenvalue weighted by atomic mass is 16.2. The Bertz CT molecular complexity index is 1100. The van der Waals surface area contributed by atoms with E-state index in [1.165, 1.54) is 0 Å². The van der Waals surface area contributed by atoms with Gasteiger partial charge in [0.2, 0.25) is 5.91 Å². The second-order valence-corrected chi connectivity index (χ2v) is 8.40. The van der Waals surface area contributed by atoms with Crippen LogP contribution in [0.2, 0.25) is 0 Å². The van der Waals surface area contributed by atoms with E-state index in [4.69, 9.17) is 0 Å². The summed E-state index contributed by atoms with van der Waals surface area (Å²) in [7, 11) is 0. The molecule has 2 unspecified atom stereocenters. The first kappa shape index (κ1) is 20.8. The van der Waals surface area contributed by atoms with Gasteiger partial charge in [0.15, 0.2) is 0 Å². The van der Waals surface area contributed by atoms with Gasteiger partial charge in [0.1, 0.15) is 0 Å². The summed E-state index contributed by atoms with van der Waals surface area (Å²) >= 11 is 0. The van der Waals surface area contributed by atoms with E-state index in [-0.39, 0.29) is 17.7 Å². The highest BCUT2D eigenvalue weighted by Crippen LogP contribution is 2.38. The maximum atomic E-state index is 12.5. The van der Waals surface area contributed by atoms with Crippen molar-refractivity contribution in [2.75, 3.05) is 11.9 Å². The van der Waals surface area contributed by atoms with Crippen molar-refractivity contribution < 1.29 is 9.59 Å². The number of nitrogens with zero attached hydrogens (tertiary/aromatic N) is 2. The number of nitrogens with one attached hydrogen (secondary N) is 2. The summed E-state index contributed by atoms with van der Waals surface area (Å²) < 4.78 is 1.93. The predicted octanol–water partition coefficient (Wildman–Crippen LogP) is 4.06. The molecule has 3 aromatic rings. The minimum atomic E-state index is -0.143. The quantitative estimate of drug-likeness (QED) is 0.610. The standard InChI is InChI=1S/C25H28N4O2/c1-16-13-23(16)25(31)27-21-6-4-5-20(15-21)24(30)26-12-11-19-7-9-22(10-8-19)29-18(3)14-17(2)28-29/h4-10,14-16,23H,11-13H2,1-3H3,(H,26,30)(H,27,31). The maximum absolute atomic E-state index is 12.5. The average Bonchev–Trinajstić information content (AvgIpc) is 3.39. The highest BCUT2D eigenvalue weighted by molar-refractivity contribution is 5.98. The summed E-state index contributed by atoms with van der Waals surface area (Å²) in [5, 5.41) is 10.4. The lowest BCUT2D eigenvalue weighted by atomic mass is 10.1. The van der Waals surface area contributed by atoms with Crippen molar-refractivity contribution in [3.05, 3.63) is 77.1 Å². The van der Waals surface area contributed by atoms with E-state index in [0.717, 1.165) is 35.5 Å². The third-order valence-electron chi connectivity index (χ3n) is 5.73. The van der Waals surface area contributed by atoms with Crippen LogP contribution in [0.5, 0.6) is 0 Å². The first-order valence-electron chi connectivity index (χ1n) is 10.7. The van der Waals surface area contributed by atoms with Gasteiger partial charge in [-0.05, 0) is 74.6 Å². The van der Waals surface area contributed by atoms with Crippen molar-refractivity contribution in [1.29, 1.82) is 0 Å². The fourth-order valence-corrected chi connectivity index (χ4v) is 3.78. The third kappa shape index (κ3) is 5.02. The fraction of sp³-hybridized carbons (Fsp3) is 0.320. The summed E-state index contributed by atoms with van der Waals surface area (Å²) in [4.78, 5) is 24.6. The Morgan fingerprint density at radius 3 is 2.48 bits per heavy atom. The topological polar surface area (TPSA) is 76.0 Å². The van der Waals surface area contributed by atoms with Crippen molar-refractivity contribution in [3.63, 3.8) is 0 Å². The molecule has 0 spiro atoms. The van der Waals surface area contributed by atoms with Gasteiger partial charge < -0.3 is 10.6 Å². The molecule has 2 aromatic carbocycles. The second kappa shape index (κ2) is 8.76. The van der Waals surface area contributed by atoms with Crippen LogP contribution in [0.1, 0.15) is 40.7 Å². The normalized spacial score (nSPS) is 17.3. The van der Waals surface area contributed by atoms with Gasteiger partial charge in [0.25, 0.3) is 5.91 Å². The zero-order valence-electron chi connectivity index (χ0n) is 18.2. The Hall–Kier alpha value is -3.41. The minimum Gasteiger partial charge on any atom is -0.352 e. The number of anilines is 1. The number of aromatic nitrogens is 2. The van der Waals surface area contributed by atoms with Crippen LogP contribution >= 0.6 is 0 Å². The number of benzene rings is 2. The molecule has 160 valence electrons. The first-order chi connectivity index (χ1) is 14.9. The fourth-order valence-electron chi connectivity index (χ4n) is 3.78.